The molecule has 1 aromatic carbocycles. The predicted octanol–water partition coefficient (Wildman–Crippen LogP) is 3.49. The first-order valence-electron chi connectivity index (χ1n) is 5.17. The Bertz CT molecular complexity index is 550. The minimum atomic E-state index is -2.26. The van der Waals surface area contributed by atoms with E-state index in [1.165, 1.54) is 6.92 Å². The van der Waals surface area contributed by atoms with Crippen molar-refractivity contribution < 1.29 is 26.7 Å². The third-order valence-electron chi connectivity index (χ3n) is 3.10. The van der Waals surface area contributed by atoms with Gasteiger partial charge in [0.15, 0.2) is 23.3 Å². The standard InChI is InChI=1S/C11H7BrF5NO/c1-11(2-3(11)12)10(19)18-9-7(16)5(14)4(13)6(15)8(9)17/h3H,2H2,1H3,(H,18,19)/t3-,11+/m1/s1. The summed E-state index contributed by atoms with van der Waals surface area (Å²) in [7, 11) is 0. The third-order valence-corrected chi connectivity index (χ3v) is 4.44. The summed E-state index contributed by atoms with van der Waals surface area (Å²) < 4.78 is 65.3. The van der Waals surface area contributed by atoms with Gasteiger partial charge in [-0.2, -0.15) is 0 Å². The highest BCUT2D eigenvalue weighted by Crippen LogP contribution is 2.51. The summed E-state index contributed by atoms with van der Waals surface area (Å²) in [5.41, 5.74) is -2.24. The van der Waals surface area contributed by atoms with E-state index in [4.69, 9.17) is 0 Å². The lowest BCUT2D eigenvalue weighted by molar-refractivity contribution is -0.120. The average molecular weight is 344 g/mol. The zero-order valence-corrected chi connectivity index (χ0v) is 11.0. The van der Waals surface area contributed by atoms with Crippen molar-refractivity contribution in [1.82, 2.24) is 0 Å². The topological polar surface area (TPSA) is 29.1 Å². The van der Waals surface area contributed by atoms with Crippen molar-refractivity contribution in [3.63, 3.8) is 0 Å². The number of rotatable bonds is 2. The van der Waals surface area contributed by atoms with Crippen LogP contribution in [0.2, 0.25) is 0 Å². The van der Waals surface area contributed by atoms with Crippen LogP contribution in [0.4, 0.5) is 27.6 Å². The van der Waals surface area contributed by atoms with E-state index < -0.39 is 46.1 Å². The maximum atomic E-state index is 13.3. The number of anilines is 1. The van der Waals surface area contributed by atoms with Crippen LogP contribution in [0, 0.1) is 34.5 Å². The van der Waals surface area contributed by atoms with E-state index in [-0.39, 0.29) is 4.83 Å². The van der Waals surface area contributed by atoms with Gasteiger partial charge in [-0.25, -0.2) is 22.0 Å². The summed E-state index contributed by atoms with van der Waals surface area (Å²) in [4.78, 5) is 11.5. The third kappa shape index (κ3) is 2.11. The summed E-state index contributed by atoms with van der Waals surface area (Å²) in [5, 5.41) is 1.75. The van der Waals surface area contributed by atoms with Crippen LogP contribution in [0.5, 0.6) is 0 Å². The van der Waals surface area contributed by atoms with E-state index in [2.05, 4.69) is 15.9 Å². The Morgan fingerprint density at radius 2 is 1.47 bits per heavy atom. The van der Waals surface area contributed by atoms with Crippen molar-refractivity contribution >= 4 is 27.5 Å². The number of benzene rings is 1. The normalized spacial score (nSPS) is 25.3. The van der Waals surface area contributed by atoms with Crippen molar-refractivity contribution in [3.8, 4) is 0 Å². The van der Waals surface area contributed by atoms with Gasteiger partial charge < -0.3 is 5.32 Å². The Labute approximate surface area is 113 Å². The second-order valence-corrected chi connectivity index (χ2v) is 5.59. The number of hydrogen-bond acceptors (Lipinski definition) is 1. The number of carbonyl (C=O) groups excluding carboxylic acids is 1. The molecule has 8 heteroatoms. The molecule has 1 aromatic rings. The lowest BCUT2D eigenvalue weighted by Gasteiger charge is -2.13. The molecule has 0 radical (unpaired) electrons. The molecule has 0 aromatic heterocycles. The lowest BCUT2D eigenvalue weighted by Crippen LogP contribution is -2.25. The van der Waals surface area contributed by atoms with Gasteiger partial charge in [-0.3, -0.25) is 4.79 Å². The first kappa shape index (κ1) is 14.2. The quantitative estimate of drug-likeness (QED) is 0.378. The summed E-state index contributed by atoms with van der Waals surface area (Å²) in [6.07, 6.45) is 0.411. The molecular weight excluding hydrogens is 337 g/mol. The highest BCUT2D eigenvalue weighted by molar-refractivity contribution is 9.09. The minimum Gasteiger partial charge on any atom is -0.320 e. The molecule has 1 aliphatic rings. The lowest BCUT2D eigenvalue weighted by atomic mass is 10.1. The SMILES string of the molecule is C[C@]1(C(=O)Nc2c(F)c(F)c(F)c(F)c2F)C[C@H]1Br. The fraction of sp³-hybridized carbons (Fsp3) is 0.364. The van der Waals surface area contributed by atoms with Crippen molar-refractivity contribution in [2.24, 2.45) is 5.41 Å². The van der Waals surface area contributed by atoms with Gasteiger partial charge in [0.2, 0.25) is 11.7 Å². The van der Waals surface area contributed by atoms with Crippen LogP contribution >= 0.6 is 15.9 Å². The molecule has 0 bridgehead atoms. The zero-order valence-electron chi connectivity index (χ0n) is 9.46. The number of hydrogen-bond donors (Lipinski definition) is 1. The van der Waals surface area contributed by atoms with Crippen LogP contribution in [0.3, 0.4) is 0 Å². The largest absolute Gasteiger partial charge is 0.320 e. The molecule has 1 aliphatic carbocycles. The Balaban J connectivity index is 2.39. The molecule has 2 nitrogen and oxygen atoms in total. The van der Waals surface area contributed by atoms with E-state index >= 15 is 0 Å². The number of alkyl halides is 1. The summed E-state index contributed by atoms with van der Waals surface area (Å²) in [5.74, 6) is -11.4. The first-order valence-corrected chi connectivity index (χ1v) is 6.08. The van der Waals surface area contributed by atoms with Crippen LogP contribution in [0.25, 0.3) is 0 Å². The highest BCUT2D eigenvalue weighted by Gasteiger charge is 2.55. The van der Waals surface area contributed by atoms with E-state index in [1.807, 2.05) is 0 Å². The van der Waals surface area contributed by atoms with Gasteiger partial charge in [0, 0.05) is 4.83 Å². The molecule has 0 aliphatic heterocycles. The van der Waals surface area contributed by atoms with Gasteiger partial charge >= 0.3 is 0 Å². The number of nitrogens with one attached hydrogen (secondary N) is 1. The summed E-state index contributed by atoms with van der Waals surface area (Å²) >= 11 is 3.14. The smallest absolute Gasteiger partial charge is 0.231 e. The summed E-state index contributed by atoms with van der Waals surface area (Å²) in [6, 6.07) is 0. The summed E-state index contributed by atoms with van der Waals surface area (Å²) in [6.45, 7) is 1.51. The average Bonchev–Trinajstić information content (AvgIpc) is 2.99. The van der Waals surface area contributed by atoms with Crippen molar-refractivity contribution in [3.05, 3.63) is 29.1 Å². The zero-order chi connectivity index (χ0) is 14.5. The fourth-order valence-electron chi connectivity index (χ4n) is 1.52. The van der Waals surface area contributed by atoms with Gasteiger partial charge in [-0.1, -0.05) is 15.9 Å². The number of halogens is 6. The molecule has 0 heterocycles. The van der Waals surface area contributed by atoms with E-state index in [0.29, 0.717) is 6.42 Å². The van der Waals surface area contributed by atoms with Crippen molar-refractivity contribution in [2.45, 2.75) is 18.2 Å². The molecule has 1 N–H and O–H groups in total. The Kier molecular flexibility index (Phi) is 3.32. The van der Waals surface area contributed by atoms with Crippen LogP contribution in [-0.4, -0.2) is 10.7 Å². The Morgan fingerprint density at radius 1 is 1.11 bits per heavy atom. The van der Waals surface area contributed by atoms with E-state index in [0.717, 1.165) is 0 Å². The molecule has 1 amide bonds. The minimum absolute atomic E-state index is 0.193. The van der Waals surface area contributed by atoms with Crippen LogP contribution in [0.1, 0.15) is 13.3 Å². The maximum absolute atomic E-state index is 13.3. The first-order chi connectivity index (χ1) is 8.70. The van der Waals surface area contributed by atoms with Gasteiger partial charge in [0.1, 0.15) is 5.69 Å². The van der Waals surface area contributed by atoms with Crippen LogP contribution < -0.4 is 5.32 Å². The molecule has 0 saturated heterocycles. The molecule has 2 atom stereocenters. The van der Waals surface area contributed by atoms with Gasteiger partial charge in [0.25, 0.3) is 0 Å². The van der Waals surface area contributed by atoms with Crippen molar-refractivity contribution in [1.29, 1.82) is 0 Å². The fourth-order valence-corrected chi connectivity index (χ4v) is 2.40. The number of carbonyl (C=O) groups is 1. The van der Waals surface area contributed by atoms with Crippen molar-refractivity contribution in [2.75, 3.05) is 5.32 Å². The Hall–Kier alpha value is -1.18. The molecular formula is C11H7BrF5NO. The molecule has 1 fully saturated rings. The second-order valence-electron chi connectivity index (χ2n) is 4.49. The molecule has 2 rings (SSSR count). The molecule has 1 saturated carbocycles. The molecule has 0 spiro atoms. The monoisotopic (exact) mass is 343 g/mol. The van der Waals surface area contributed by atoms with Gasteiger partial charge in [0.05, 0.1) is 5.41 Å². The molecule has 0 unspecified atom stereocenters. The molecule has 104 valence electrons. The number of amides is 1. The molecule has 19 heavy (non-hydrogen) atoms. The van der Waals surface area contributed by atoms with Gasteiger partial charge in [-0.15, -0.1) is 0 Å². The second kappa shape index (κ2) is 4.43. The van der Waals surface area contributed by atoms with E-state index in [9.17, 15) is 26.7 Å². The van der Waals surface area contributed by atoms with Gasteiger partial charge in [-0.05, 0) is 13.3 Å². The highest BCUT2D eigenvalue weighted by atomic mass is 79.9. The maximum Gasteiger partial charge on any atom is 0.231 e. The predicted molar refractivity (Wildman–Crippen MR) is 60.3 cm³/mol. The van der Waals surface area contributed by atoms with E-state index in [1.54, 1.807) is 5.32 Å². The van der Waals surface area contributed by atoms with Crippen LogP contribution in [0.15, 0.2) is 0 Å². The van der Waals surface area contributed by atoms with Crippen LogP contribution in [-0.2, 0) is 4.79 Å². The Morgan fingerprint density at radius 3 is 1.84 bits per heavy atom.